The number of carbonyl (C=O) groups excluding carboxylic acids is 1. The summed E-state index contributed by atoms with van der Waals surface area (Å²) in [6.07, 6.45) is 24.7. The van der Waals surface area contributed by atoms with Crippen molar-refractivity contribution in [1.29, 1.82) is 0 Å². The highest BCUT2D eigenvalue weighted by Gasteiger charge is 2.62. The van der Waals surface area contributed by atoms with Gasteiger partial charge in [-0.1, -0.05) is 92.9 Å². The number of hydrogen-bond donors (Lipinski definition) is 0. The number of rotatable bonds is 13. The Morgan fingerprint density at radius 2 is 1.58 bits per heavy atom. The Morgan fingerprint density at radius 3 is 2.34 bits per heavy atom. The van der Waals surface area contributed by atoms with Crippen molar-refractivity contribution in [3.63, 3.8) is 0 Å². The van der Waals surface area contributed by atoms with E-state index in [2.05, 4.69) is 41.5 Å². The van der Waals surface area contributed by atoms with E-state index in [0.717, 1.165) is 54.3 Å². The van der Waals surface area contributed by atoms with Crippen LogP contribution < -0.4 is 0 Å². The Kier molecular flexibility index (Phi) is 10.7. The molecule has 4 aliphatic rings. The largest absolute Gasteiger partial charge is 0.462 e. The van der Waals surface area contributed by atoms with Gasteiger partial charge in [0.05, 0.1) is 0 Å². The Hall–Kier alpha value is -0.530. The first-order valence-electron chi connectivity index (χ1n) is 17.4. The minimum absolute atomic E-state index is 0.103. The number of esters is 1. The lowest BCUT2D eigenvalue weighted by atomic mass is 9.44. The fourth-order valence-electron chi connectivity index (χ4n) is 10.8. The van der Waals surface area contributed by atoms with Gasteiger partial charge >= 0.3 is 5.97 Å². The molecule has 0 N–H and O–H groups in total. The molecule has 0 heterocycles. The van der Waals surface area contributed by atoms with E-state index in [9.17, 15) is 4.79 Å². The van der Waals surface area contributed by atoms with Crippen molar-refractivity contribution in [2.24, 2.45) is 52.3 Å². The van der Waals surface area contributed by atoms with Crippen LogP contribution in [0.4, 0.5) is 0 Å². The van der Waals surface area contributed by atoms with Crippen LogP contribution in [0, 0.1) is 52.3 Å². The second-order valence-corrected chi connectivity index (χ2v) is 15.5. The third-order valence-corrected chi connectivity index (χ3v) is 12.9. The lowest BCUT2D eigenvalue weighted by Crippen LogP contribution is -2.58. The Bertz CT molecular complexity index is 744. The van der Waals surface area contributed by atoms with Gasteiger partial charge in [-0.15, -0.1) is 0 Å². The Balaban J connectivity index is 1.39. The van der Waals surface area contributed by atoms with Crippen LogP contribution >= 0.6 is 0 Å². The molecule has 0 saturated heterocycles. The van der Waals surface area contributed by atoms with Crippen LogP contribution in [0.15, 0.2) is 0 Å². The third kappa shape index (κ3) is 6.35. The highest BCUT2D eigenvalue weighted by Crippen LogP contribution is 2.68. The number of ether oxygens (including phenoxy) is 1. The first-order chi connectivity index (χ1) is 18.2. The molecule has 38 heavy (non-hydrogen) atoms. The van der Waals surface area contributed by atoms with Crippen LogP contribution in [-0.4, -0.2) is 12.1 Å². The highest BCUT2D eigenvalue weighted by molar-refractivity contribution is 5.69. The molecule has 0 aromatic rings. The highest BCUT2D eigenvalue weighted by atomic mass is 16.5. The number of hydrogen-bond acceptors (Lipinski definition) is 2. The quantitative estimate of drug-likeness (QED) is 0.175. The van der Waals surface area contributed by atoms with Crippen molar-refractivity contribution in [2.45, 2.75) is 170 Å². The fraction of sp³-hybridized carbons (Fsp3) is 0.972. The first-order valence-corrected chi connectivity index (χ1v) is 17.4. The second kappa shape index (κ2) is 13.4. The van der Waals surface area contributed by atoms with Gasteiger partial charge in [-0.3, -0.25) is 4.79 Å². The van der Waals surface area contributed by atoms with Crippen LogP contribution in [0.25, 0.3) is 0 Å². The minimum Gasteiger partial charge on any atom is -0.462 e. The molecule has 1 unspecified atom stereocenters. The normalized spacial score (nSPS) is 39.3. The molecular weight excluding hydrogens is 464 g/mol. The van der Waals surface area contributed by atoms with Gasteiger partial charge in [0.25, 0.3) is 0 Å². The van der Waals surface area contributed by atoms with Crippen LogP contribution in [0.1, 0.15) is 164 Å². The molecule has 0 aliphatic heterocycles. The Labute approximate surface area is 237 Å². The summed E-state index contributed by atoms with van der Waals surface area (Å²) in [7, 11) is 0. The average molecular weight is 529 g/mol. The average Bonchev–Trinajstić information content (AvgIpc) is 3.23. The van der Waals surface area contributed by atoms with E-state index < -0.39 is 0 Å². The smallest absolute Gasteiger partial charge is 0.306 e. The summed E-state index contributed by atoms with van der Waals surface area (Å²) >= 11 is 0. The van der Waals surface area contributed by atoms with E-state index in [1.165, 1.54) is 103 Å². The van der Waals surface area contributed by atoms with E-state index in [1.54, 1.807) is 0 Å². The van der Waals surface area contributed by atoms with E-state index in [-0.39, 0.29) is 17.5 Å². The van der Waals surface area contributed by atoms with Gasteiger partial charge in [0.1, 0.15) is 6.10 Å². The molecule has 2 nitrogen and oxygen atoms in total. The molecule has 0 radical (unpaired) electrons. The molecule has 4 aliphatic carbocycles. The monoisotopic (exact) mass is 528 g/mol. The maximum atomic E-state index is 13.0. The molecule has 0 aromatic carbocycles. The summed E-state index contributed by atoms with van der Waals surface area (Å²) in [5.41, 5.74) is 0.750. The maximum Gasteiger partial charge on any atom is 0.306 e. The van der Waals surface area contributed by atoms with Crippen molar-refractivity contribution in [2.75, 3.05) is 0 Å². The molecular formula is C36H64O2. The third-order valence-electron chi connectivity index (χ3n) is 12.9. The fourth-order valence-corrected chi connectivity index (χ4v) is 10.8. The van der Waals surface area contributed by atoms with Gasteiger partial charge in [0.2, 0.25) is 0 Å². The van der Waals surface area contributed by atoms with Gasteiger partial charge in [0.15, 0.2) is 0 Å². The lowest BCUT2D eigenvalue weighted by Gasteiger charge is -2.62. The first kappa shape index (κ1) is 30.4. The van der Waals surface area contributed by atoms with Gasteiger partial charge in [0, 0.05) is 11.8 Å². The van der Waals surface area contributed by atoms with Gasteiger partial charge < -0.3 is 4.74 Å². The zero-order chi connectivity index (χ0) is 27.3. The molecule has 220 valence electrons. The van der Waals surface area contributed by atoms with Crippen molar-refractivity contribution < 1.29 is 9.53 Å². The van der Waals surface area contributed by atoms with Crippen molar-refractivity contribution in [1.82, 2.24) is 0 Å². The van der Waals surface area contributed by atoms with Gasteiger partial charge in [-0.25, -0.2) is 0 Å². The van der Waals surface area contributed by atoms with Crippen molar-refractivity contribution in [3.05, 3.63) is 0 Å². The number of carbonyl (C=O) groups is 1. The summed E-state index contributed by atoms with van der Waals surface area (Å²) < 4.78 is 6.46. The minimum atomic E-state index is 0.103. The summed E-state index contributed by atoms with van der Waals surface area (Å²) in [5, 5.41) is 0. The van der Waals surface area contributed by atoms with Crippen LogP contribution in [0.2, 0.25) is 0 Å². The molecule has 0 spiro atoms. The summed E-state index contributed by atoms with van der Waals surface area (Å²) in [6, 6.07) is 0. The van der Waals surface area contributed by atoms with E-state index in [4.69, 9.17) is 4.74 Å². The summed E-state index contributed by atoms with van der Waals surface area (Å²) in [6.45, 7) is 14.9. The second-order valence-electron chi connectivity index (χ2n) is 15.5. The molecule has 0 amide bonds. The van der Waals surface area contributed by atoms with E-state index in [1.807, 2.05) is 0 Å². The predicted molar refractivity (Wildman–Crippen MR) is 161 cm³/mol. The van der Waals surface area contributed by atoms with Crippen molar-refractivity contribution >= 4 is 5.97 Å². The molecule has 4 saturated carbocycles. The molecule has 0 aromatic heterocycles. The zero-order valence-electron chi connectivity index (χ0n) is 26.4. The standard InChI is InChI=1S/C36H64O2/c1-7-8-9-10-11-12-19-34(37)38-33-18-14-17-28-20-21-29-31-23-22-30(27(4)16-13-15-26(2)3)35(31,5)25-24-32(29)36(28,33)6/h26-33H,7-25H2,1-6H3/t27-,28+,29+,30-,31-,32-,33?,35+,36-/m0/s1. The SMILES string of the molecule is CCCCCCCCC(=O)OC1CCC[C@@H]2CC[C@@H]3[C@@H]4CC[C@@H]([C@@H](C)CCCC(C)C)[C@@]4(C)CC[C@@H]3[C@@]12C. The predicted octanol–water partition coefficient (Wildman–Crippen LogP) is 10.8. The summed E-state index contributed by atoms with van der Waals surface area (Å²) in [5.74, 6) is 6.03. The van der Waals surface area contributed by atoms with Crippen molar-refractivity contribution in [3.8, 4) is 0 Å². The van der Waals surface area contributed by atoms with Crippen LogP contribution in [0.5, 0.6) is 0 Å². The maximum absolute atomic E-state index is 13.0. The molecule has 2 heteroatoms. The van der Waals surface area contributed by atoms with Crippen LogP contribution in [-0.2, 0) is 9.53 Å². The van der Waals surface area contributed by atoms with E-state index >= 15 is 0 Å². The number of unbranched alkanes of at least 4 members (excludes halogenated alkanes) is 5. The van der Waals surface area contributed by atoms with E-state index in [0.29, 0.717) is 11.8 Å². The lowest BCUT2D eigenvalue weighted by molar-refractivity contribution is -0.192. The zero-order valence-corrected chi connectivity index (χ0v) is 26.4. The summed E-state index contributed by atoms with van der Waals surface area (Å²) in [4.78, 5) is 13.0. The van der Waals surface area contributed by atoms with Gasteiger partial charge in [-0.2, -0.15) is 0 Å². The molecule has 4 rings (SSSR count). The molecule has 0 bridgehead atoms. The molecule has 4 fully saturated rings. The number of fused-ring (bicyclic) bond motifs is 5. The molecule has 9 atom stereocenters. The van der Waals surface area contributed by atoms with Gasteiger partial charge in [-0.05, 0) is 111 Å². The topological polar surface area (TPSA) is 26.3 Å². The Morgan fingerprint density at radius 1 is 0.816 bits per heavy atom. The van der Waals surface area contributed by atoms with Crippen LogP contribution in [0.3, 0.4) is 0 Å².